The lowest BCUT2D eigenvalue weighted by Gasteiger charge is -2.09. The van der Waals surface area contributed by atoms with Crippen molar-refractivity contribution in [2.45, 2.75) is 6.92 Å². The quantitative estimate of drug-likeness (QED) is 0.830. The van der Waals surface area contributed by atoms with E-state index < -0.39 is 17.5 Å². The van der Waals surface area contributed by atoms with Crippen LogP contribution >= 0.6 is 0 Å². The Bertz CT molecular complexity index is 587. The predicted molar refractivity (Wildman–Crippen MR) is 68.0 cm³/mol. The maximum Gasteiger partial charge on any atom is 0.161 e. The molecule has 0 saturated carbocycles. The summed E-state index contributed by atoms with van der Waals surface area (Å²) in [6.07, 6.45) is 3.07. The number of aromatic nitrogens is 1. The van der Waals surface area contributed by atoms with E-state index in [0.29, 0.717) is 18.3 Å². The molecule has 6 heteroatoms. The van der Waals surface area contributed by atoms with Crippen LogP contribution in [0.1, 0.15) is 6.92 Å². The van der Waals surface area contributed by atoms with Gasteiger partial charge in [-0.05, 0) is 13.0 Å². The van der Waals surface area contributed by atoms with Crippen LogP contribution in [0.2, 0.25) is 0 Å². The molecule has 1 aromatic heterocycles. The molecule has 0 aliphatic heterocycles. The van der Waals surface area contributed by atoms with Crippen molar-refractivity contribution in [3.05, 3.63) is 48.0 Å². The van der Waals surface area contributed by atoms with E-state index in [0.717, 1.165) is 11.8 Å². The predicted octanol–water partition coefficient (Wildman–Crippen LogP) is 3.67. The van der Waals surface area contributed by atoms with Crippen molar-refractivity contribution in [3.63, 3.8) is 0 Å². The second-order valence-electron chi connectivity index (χ2n) is 3.86. The Morgan fingerprint density at radius 2 is 1.63 bits per heavy atom. The third-order valence-electron chi connectivity index (χ3n) is 2.41. The molecule has 0 atom stereocenters. The van der Waals surface area contributed by atoms with Crippen LogP contribution in [0, 0.1) is 17.5 Å². The normalized spacial score (nSPS) is 10.3. The smallest absolute Gasteiger partial charge is 0.161 e. The van der Waals surface area contributed by atoms with Gasteiger partial charge >= 0.3 is 0 Å². The first kappa shape index (κ1) is 13.2. The summed E-state index contributed by atoms with van der Waals surface area (Å²) in [5, 5.41) is 5.69. The van der Waals surface area contributed by atoms with Gasteiger partial charge in [-0.15, -0.1) is 0 Å². The Balaban J connectivity index is 2.25. The molecule has 100 valence electrons. The van der Waals surface area contributed by atoms with E-state index in [1.165, 1.54) is 6.20 Å². The number of hydrogen-bond acceptors (Lipinski definition) is 3. The summed E-state index contributed by atoms with van der Waals surface area (Å²) >= 11 is 0. The number of benzene rings is 1. The molecule has 19 heavy (non-hydrogen) atoms. The van der Waals surface area contributed by atoms with Crippen LogP contribution in [0.25, 0.3) is 0 Å². The third kappa shape index (κ3) is 3.15. The lowest BCUT2D eigenvalue weighted by molar-refractivity contribution is 0.496. The molecule has 0 unspecified atom stereocenters. The maximum absolute atomic E-state index is 13.5. The van der Waals surface area contributed by atoms with Crippen molar-refractivity contribution in [1.82, 2.24) is 4.98 Å². The van der Waals surface area contributed by atoms with Gasteiger partial charge in [-0.1, -0.05) is 0 Å². The van der Waals surface area contributed by atoms with Gasteiger partial charge in [0.2, 0.25) is 0 Å². The van der Waals surface area contributed by atoms with Crippen molar-refractivity contribution in [2.24, 2.45) is 0 Å². The minimum atomic E-state index is -1.22. The molecule has 0 aliphatic carbocycles. The van der Waals surface area contributed by atoms with Gasteiger partial charge in [0.25, 0.3) is 0 Å². The van der Waals surface area contributed by atoms with Gasteiger partial charge in [0.1, 0.15) is 5.82 Å². The van der Waals surface area contributed by atoms with Crippen LogP contribution in [0.4, 0.5) is 30.2 Å². The first-order valence-electron chi connectivity index (χ1n) is 5.70. The molecule has 0 aliphatic rings. The fourth-order valence-corrected chi connectivity index (χ4v) is 1.58. The minimum absolute atomic E-state index is 0.144. The van der Waals surface area contributed by atoms with Gasteiger partial charge in [0.05, 0.1) is 29.5 Å². The summed E-state index contributed by atoms with van der Waals surface area (Å²) < 4.78 is 39.3. The first-order valence-corrected chi connectivity index (χ1v) is 5.70. The summed E-state index contributed by atoms with van der Waals surface area (Å²) in [5.74, 6) is -3.20. The number of rotatable bonds is 4. The Morgan fingerprint density at radius 1 is 0.947 bits per heavy atom. The van der Waals surface area contributed by atoms with Crippen LogP contribution in [-0.2, 0) is 0 Å². The Labute approximate surface area is 108 Å². The van der Waals surface area contributed by atoms with E-state index in [2.05, 4.69) is 15.6 Å². The highest BCUT2D eigenvalue weighted by molar-refractivity contribution is 5.63. The fraction of sp³-hybridized carbons (Fsp3) is 0.154. The van der Waals surface area contributed by atoms with Crippen LogP contribution in [-0.4, -0.2) is 11.5 Å². The van der Waals surface area contributed by atoms with E-state index >= 15 is 0 Å². The molecular weight excluding hydrogens is 255 g/mol. The second-order valence-corrected chi connectivity index (χ2v) is 3.86. The van der Waals surface area contributed by atoms with Crippen LogP contribution in [0.3, 0.4) is 0 Å². The lowest BCUT2D eigenvalue weighted by Crippen LogP contribution is -2.00. The van der Waals surface area contributed by atoms with Gasteiger partial charge in [-0.25, -0.2) is 13.2 Å². The summed E-state index contributed by atoms with van der Waals surface area (Å²) in [7, 11) is 0. The summed E-state index contributed by atoms with van der Waals surface area (Å²) in [4.78, 5) is 3.95. The largest absolute Gasteiger partial charge is 0.384 e. The molecule has 0 radical (unpaired) electrons. The molecule has 0 saturated heterocycles. The molecule has 1 aromatic carbocycles. The van der Waals surface area contributed by atoms with Gasteiger partial charge < -0.3 is 10.6 Å². The molecule has 1 heterocycles. The summed E-state index contributed by atoms with van der Waals surface area (Å²) in [6.45, 7) is 2.64. The van der Waals surface area contributed by atoms with Gasteiger partial charge in [0, 0.05) is 18.7 Å². The van der Waals surface area contributed by atoms with E-state index in [4.69, 9.17) is 0 Å². The number of anilines is 3. The van der Waals surface area contributed by atoms with Crippen molar-refractivity contribution in [3.8, 4) is 0 Å². The molecule has 2 rings (SSSR count). The van der Waals surface area contributed by atoms with E-state index in [1.807, 2.05) is 6.92 Å². The monoisotopic (exact) mass is 267 g/mol. The zero-order valence-electron chi connectivity index (χ0n) is 10.2. The molecule has 0 fully saturated rings. The van der Waals surface area contributed by atoms with Crippen molar-refractivity contribution >= 4 is 17.1 Å². The van der Waals surface area contributed by atoms with E-state index in [1.54, 1.807) is 12.3 Å². The number of pyridine rings is 1. The van der Waals surface area contributed by atoms with Crippen molar-refractivity contribution < 1.29 is 13.2 Å². The molecule has 3 nitrogen and oxygen atoms in total. The molecular formula is C13H12F3N3. The SMILES string of the molecule is CCNc1cncc(Nc2cc(F)c(F)cc2F)c1. The van der Waals surface area contributed by atoms with Crippen LogP contribution in [0.15, 0.2) is 30.6 Å². The Kier molecular flexibility index (Phi) is 3.89. The van der Waals surface area contributed by atoms with Crippen molar-refractivity contribution in [2.75, 3.05) is 17.2 Å². The minimum Gasteiger partial charge on any atom is -0.384 e. The number of nitrogens with zero attached hydrogens (tertiary/aromatic N) is 1. The number of nitrogens with one attached hydrogen (secondary N) is 2. The molecule has 2 aromatic rings. The average Bonchev–Trinajstić information content (AvgIpc) is 2.37. The molecule has 0 bridgehead atoms. The first-order chi connectivity index (χ1) is 9.10. The standard InChI is InChI=1S/C13H12F3N3/c1-2-18-8-3-9(7-17-6-8)19-13-5-11(15)10(14)4-12(13)16/h3-7,18-19H,2H2,1H3. The van der Waals surface area contributed by atoms with E-state index in [9.17, 15) is 13.2 Å². The van der Waals surface area contributed by atoms with Gasteiger partial charge in [-0.3, -0.25) is 4.98 Å². The van der Waals surface area contributed by atoms with Crippen LogP contribution < -0.4 is 10.6 Å². The summed E-state index contributed by atoms with van der Waals surface area (Å²) in [5.41, 5.74) is 1.08. The molecule has 2 N–H and O–H groups in total. The highest BCUT2D eigenvalue weighted by Gasteiger charge is 2.10. The highest BCUT2D eigenvalue weighted by atomic mass is 19.2. The fourth-order valence-electron chi connectivity index (χ4n) is 1.58. The third-order valence-corrected chi connectivity index (χ3v) is 2.41. The van der Waals surface area contributed by atoms with E-state index in [-0.39, 0.29) is 5.69 Å². The Hall–Kier alpha value is -2.24. The average molecular weight is 267 g/mol. The van der Waals surface area contributed by atoms with Gasteiger partial charge in [-0.2, -0.15) is 0 Å². The van der Waals surface area contributed by atoms with Crippen molar-refractivity contribution in [1.29, 1.82) is 0 Å². The van der Waals surface area contributed by atoms with Gasteiger partial charge in [0.15, 0.2) is 11.6 Å². The zero-order chi connectivity index (χ0) is 13.8. The second kappa shape index (κ2) is 5.60. The summed E-state index contributed by atoms with van der Waals surface area (Å²) in [6, 6.07) is 2.96. The number of halogens is 3. The highest BCUT2D eigenvalue weighted by Crippen LogP contribution is 2.23. The lowest BCUT2D eigenvalue weighted by atomic mass is 10.2. The molecule has 0 amide bonds. The topological polar surface area (TPSA) is 37.0 Å². The molecule has 0 spiro atoms. The number of hydrogen-bond donors (Lipinski definition) is 2. The Morgan fingerprint density at radius 3 is 2.37 bits per heavy atom. The van der Waals surface area contributed by atoms with Crippen LogP contribution in [0.5, 0.6) is 0 Å². The zero-order valence-corrected chi connectivity index (χ0v) is 10.2. The maximum atomic E-state index is 13.5.